The van der Waals surface area contributed by atoms with Gasteiger partial charge in [0.15, 0.2) is 5.76 Å². The van der Waals surface area contributed by atoms with Crippen LogP contribution in [0.5, 0.6) is 0 Å². The molecule has 0 fully saturated rings. The van der Waals surface area contributed by atoms with E-state index in [2.05, 4.69) is 75.8 Å². The van der Waals surface area contributed by atoms with Crippen LogP contribution in [0, 0.1) is 6.92 Å². The topological polar surface area (TPSA) is 38.1 Å². The molecule has 4 rings (SSSR count). The molecule has 4 aromatic rings. The maximum atomic E-state index is 5.60. The highest BCUT2D eigenvalue weighted by atomic mass is 79.9. The van der Waals surface area contributed by atoms with Gasteiger partial charge in [-0.2, -0.15) is 0 Å². The molecule has 1 atom stereocenters. The molecule has 0 spiro atoms. The first-order chi connectivity index (χ1) is 12.6. The zero-order valence-corrected chi connectivity index (χ0v) is 16.2. The molecule has 0 amide bonds. The Morgan fingerprint density at radius 2 is 1.69 bits per heavy atom. The maximum absolute atomic E-state index is 5.60. The van der Waals surface area contributed by atoms with Crippen LogP contribution in [0.4, 0.5) is 5.69 Å². The van der Waals surface area contributed by atoms with Gasteiger partial charge in [-0.15, -0.1) is 0 Å². The van der Waals surface area contributed by atoms with Crippen LogP contribution in [0.15, 0.2) is 75.7 Å². The molecule has 3 nitrogen and oxygen atoms in total. The lowest BCUT2D eigenvalue weighted by Gasteiger charge is -2.16. The van der Waals surface area contributed by atoms with Gasteiger partial charge in [0.25, 0.3) is 0 Å². The summed E-state index contributed by atoms with van der Waals surface area (Å²) in [5.41, 5.74) is 4.02. The SMILES string of the molecule is Cc1noc(-c2ccc(Br)cc2)c1NC(C)c1ccc2ccccc2c1. The number of nitrogens with one attached hydrogen (secondary N) is 1. The second-order valence-electron chi connectivity index (χ2n) is 6.45. The molecule has 0 bridgehead atoms. The molecule has 0 aliphatic carbocycles. The van der Waals surface area contributed by atoms with E-state index in [4.69, 9.17) is 4.52 Å². The summed E-state index contributed by atoms with van der Waals surface area (Å²) < 4.78 is 6.64. The van der Waals surface area contributed by atoms with Crippen LogP contribution >= 0.6 is 15.9 Å². The summed E-state index contributed by atoms with van der Waals surface area (Å²) in [5.74, 6) is 0.766. The second-order valence-corrected chi connectivity index (χ2v) is 7.37. The van der Waals surface area contributed by atoms with Crippen molar-refractivity contribution in [1.29, 1.82) is 0 Å². The van der Waals surface area contributed by atoms with E-state index in [1.54, 1.807) is 0 Å². The molecule has 0 saturated heterocycles. The van der Waals surface area contributed by atoms with Gasteiger partial charge in [-0.25, -0.2) is 0 Å². The summed E-state index contributed by atoms with van der Waals surface area (Å²) in [6, 6.07) is 23.2. The average Bonchev–Trinajstić information content (AvgIpc) is 3.02. The molecule has 0 saturated carbocycles. The minimum Gasteiger partial charge on any atom is -0.374 e. The molecule has 0 aliphatic heterocycles. The van der Waals surface area contributed by atoms with Crippen molar-refractivity contribution in [2.45, 2.75) is 19.9 Å². The monoisotopic (exact) mass is 406 g/mol. The fourth-order valence-electron chi connectivity index (χ4n) is 3.11. The Bertz CT molecular complexity index is 1050. The van der Waals surface area contributed by atoms with Crippen molar-refractivity contribution < 1.29 is 4.52 Å². The number of aromatic nitrogens is 1. The van der Waals surface area contributed by atoms with Crippen LogP contribution in [0.2, 0.25) is 0 Å². The van der Waals surface area contributed by atoms with E-state index in [9.17, 15) is 0 Å². The van der Waals surface area contributed by atoms with Crippen molar-refractivity contribution >= 4 is 32.4 Å². The molecule has 4 heteroatoms. The van der Waals surface area contributed by atoms with Crippen LogP contribution in [0.1, 0.15) is 24.2 Å². The smallest absolute Gasteiger partial charge is 0.190 e. The zero-order chi connectivity index (χ0) is 18.1. The molecular weight excluding hydrogens is 388 g/mol. The predicted molar refractivity (Wildman–Crippen MR) is 110 cm³/mol. The fraction of sp³-hybridized carbons (Fsp3) is 0.136. The normalized spacial score (nSPS) is 12.3. The third-order valence-corrected chi connectivity index (χ3v) is 5.13. The molecule has 1 N–H and O–H groups in total. The van der Waals surface area contributed by atoms with Gasteiger partial charge in [-0.3, -0.25) is 0 Å². The first-order valence-electron chi connectivity index (χ1n) is 8.59. The van der Waals surface area contributed by atoms with Gasteiger partial charge >= 0.3 is 0 Å². The molecule has 3 aromatic carbocycles. The summed E-state index contributed by atoms with van der Waals surface area (Å²) in [4.78, 5) is 0. The third kappa shape index (κ3) is 3.25. The number of hydrogen-bond acceptors (Lipinski definition) is 3. The van der Waals surface area contributed by atoms with Gasteiger partial charge in [-0.1, -0.05) is 57.5 Å². The Morgan fingerprint density at radius 1 is 0.962 bits per heavy atom. The van der Waals surface area contributed by atoms with E-state index in [1.165, 1.54) is 16.3 Å². The molecule has 0 radical (unpaired) electrons. The Balaban J connectivity index is 1.66. The summed E-state index contributed by atoms with van der Waals surface area (Å²) >= 11 is 3.47. The van der Waals surface area contributed by atoms with Gasteiger partial charge in [0.2, 0.25) is 0 Å². The van der Waals surface area contributed by atoms with E-state index in [1.807, 2.05) is 31.2 Å². The number of nitrogens with zero attached hydrogens (tertiary/aromatic N) is 1. The number of halogens is 1. The van der Waals surface area contributed by atoms with Gasteiger partial charge in [0.05, 0.1) is 0 Å². The number of fused-ring (bicyclic) bond motifs is 1. The fourth-order valence-corrected chi connectivity index (χ4v) is 3.38. The van der Waals surface area contributed by atoms with Crippen LogP contribution in [-0.2, 0) is 0 Å². The number of hydrogen-bond donors (Lipinski definition) is 1. The van der Waals surface area contributed by atoms with E-state index in [-0.39, 0.29) is 6.04 Å². The minimum absolute atomic E-state index is 0.131. The molecule has 1 unspecified atom stereocenters. The lowest BCUT2D eigenvalue weighted by molar-refractivity contribution is 0.427. The quantitative estimate of drug-likeness (QED) is 0.407. The molecule has 0 aliphatic rings. The van der Waals surface area contributed by atoms with Crippen LogP contribution in [0.25, 0.3) is 22.1 Å². The van der Waals surface area contributed by atoms with Crippen molar-refractivity contribution in [3.63, 3.8) is 0 Å². The van der Waals surface area contributed by atoms with Crippen molar-refractivity contribution in [2.75, 3.05) is 5.32 Å². The largest absolute Gasteiger partial charge is 0.374 e. The first-order valence-corrected chi connectivity index (χ1v) is 9.38. The molecule has 130 valence electrons. The number of rotatable bonds is 4. The molecule has 1 aromatic heterocycles. The Labute approximate surface area is 161 Å². The highest BCUT2D eigenvalue weighted by molar-refractivity contribution is 9.10. The minimum atomic E-state index is 0.131. The van der Waals surface area contributed by atoms with E-state index >= 15 is 0 Å². The van der Waals surface area contributed by atoms with Crippen LogP contribution < -0.4 is 5.32 Å². The second kappa shape index (κ2) is 6.96. The Morgan fingerprint density at radius 3 is 2.46 bits per heavy atom. The van der Waals surface area contributed by atoms with Crippen molar-refractivity contribution in [2.24, 2.45) is 0 Å². The van der Waals surface area contributed by atoms with Gasteiger partial charge < -0.3 is 9.84 Å². The van der Waals surface area contributed by atoms with Gasteiger partial charge in [0, 0.05) is 16.1 Å². The van der Waals surface area contributed by atoms with Crippen LogP contribution in [-0.4, -0.2) is 5.16 Å². The molecular formula is C22H19BrN2O. The highest BCUT2D eigenvalue weighted by Crippen LogP contribution is 2.34. The predicted octanol–water partition coefficient (Wildman–Crippen LogP) is 6.74. The van der Waals surface area contributed by atoms with E-state index < -0.39 is 0 Å². The van der Waals surface area contributed by atoms with Gasteiger partial charge in [0.1, 0.15) is 11.4 Å². The molecule has 26 heavy (non-hydrogen) atoms. The molecule has 1 heterocycles. The number of benzene rings is 3. The standard InChI is InChI=1S/C22H19BrN2O/c1-14(18-8-7-16-5-3-4-6-19(16)13-18)24-21-15(2)25-26-22(21)17-9-11-20(23)12-10-17/h3-14,24H,1-2H3. The number of aryl methyl sites for hydroxylation is 1. The summed E-state index contributed by atoms with van der Waals surface area (Å²) in [5, 5.41) is 10.2. The third-order valence-electron chi connectivity index (χ3n) is 4.60. The van der Waals surface area contributed by atoms with E-state index in [0.717, 1.165) is 27.2 Å². The summed E-state index contributed by atoms with van der Waals surface area (Å²) in [6.07, 6.45) is 0. The average molecular weight is 407 g/mol. The summed E-state index contributed by atoms with van der Waals surface area (Å²) in [6.45, 7) is 4.11. The number of anilines is 1. The Kier molecular flexibility index (Phi) is 4.51. The van der Waals surface area contributed by atoms with Crippen LogP contribution in [0.3, 0.4) is 0 Å². The highest BCUT2D eigenvalue weighted by Gasteiger charge is 2.17. The first kappa shape index (κ1) is 16.9. The van der Waals surface area contributed by atoms with Crippen molar-refractivity contribution in [1.82, 2.24) is 5.16 Å². The Hall–Kier alpha value is -2.59. The van der Waals surface area contributed by atoms with Crippen molar-refractivity contribution in [3.05, 3.63) is 82.5 Å². The zero-order valence-electron chi connectivity index (χ0n) is 14.7. The van der Waals surface area contributed by atoms with Crippen molar-refractivity contribution in [3.8, 4) is 11.3 Å². The van der Waals surface area contributed by atoms with E-state index in [0.29, 0.717) is 0 Å². The lowest BCUT2D eigenvalue weighted by atomic mass is 10.0. The summed E-state index contributed by atoms with van der Waals surface area (Å²) in [7, 11) is 0. The maximum Gasteiger partial charge on any atom is 0.190 e. The lowest BCUT2D eigenvalue weighted by Crippen LogP contribution is -2.07. The van der Waals surface area contributed by atoms with Gasteiger partial charge in [-0.05, 0) is 60.5 Å².